The molecule has 1 N–H and O–H groups in total. The van der Waals surface area contributed by atoms with Gasteiger partial charge in [-0.15, -0.1) is 0 Å². The van der Waals surface area contributed by atoms with Crippen LogP contribution in [0.5, 0.6) is 0 Å². The molecule has 0 aromatic carbocycles. The van der Waals surface area contributed by atoms with Crippen LogP contribution in [0.3, 0.4) is 0 Å². The van der Waals surface area contributed by atoms with E-state index < -0.39 is 11.4 Å². The van der Waals surface area contributed by atoms with Gasteiger partial charge >= 0.3 is 5.97 Å². The molecular formula is C15H22N2O2. The lowest BCUT2D eigenvalue weighted by Crippen LogP contribution is -2.44. The maximum atomic E-state index is 11.4. The second kappa shape index (κ2) is 5.70. The van der Waals surface area contributed by atoms with Gasteiger partial charge in [-0.25, -0.2) is 0 Å². The number of hydrogen-bond donors (Lipinski definition) is 1. The lowest BCUT2D eigenvalue weighted by atomic mass is 9.76. The van der Waals surface area contributed by atoms with Gasteiger partial charge in [0.1, 0.15) is 0 Å². The molecule has 0 spiro atoms. The number of nitrogens with zero attached hydrogens (tertiary/aromatic N) is 2. The zero-order chi connectivity index (χ0) is 13.9. The van der Waals surface area contributed by atoms with Crippen molar-refractivity contribution in [3.8, 4) is 0 Å². The molecule has 2 rings (SSSR count). The third kappa shape index (κ3) is 2.78. The fourth-order valence-corrected chi connectivity index (χ4v) is 2.91. The van der Waals surface area contributed by atoms with E-state index in [1.54, 1.807) is 0 Å². The topological polar surface area (TPSA) is 53.4 Å². The summed E-state index contributed by atoms with van der Waals surface area (Å²) in [6, 6.07) is 4.39. The molecule has 0 saturated carbocycles. The molecule has 1 aliphatic heterocycles. The van der Waals surface area contributed by atoms with Crippen LogP contribution in [0, 0.1) is 5.41 Å². The second-order valence-electron chi connectivity index (χ2n) is 5.43. The lowest BCUT2D eigenvalue weighted by Gasteiger charge is -2.41. The molecule has 0 aliphatic carbocycles. The van der Waals surface area contributed by atoms with Gasteiger partial charge in [-0.1, -0.05) is 6.92 Å². The molecule has 1 saturated heterocycles. The van der Waals surface area contributed by atoms with Crippen molar-refractivity contribution in [3.05, 3.63) is 30.1 Å². The van der Waals surface area contributed by atoms with Crippen LogP contribution in [0.2, 0.25) is 0 Å². The Morgan fingerprint density at radius 3 is 2.47 bits per heavy atom. The minimum Gasteiger partial charge on any atom is -0.481 e. The van der Waals surface area contributed by atoms with Crippen LogP contribution >= 0.6 is 0 Å². The van der Waals surface area contributed by atoms with Gasteiger partial charge < -0.3 is 5.11 Å². The van der Waals surface area contributed by atoms with Crippen molar-refractivity contribution in [2.24, 2.45) is 5.41 Å². The van der Waals surface area contributed by atoms with E-state index in [2.05, 4.69) is 16.8 Å². The number of aromatic nitrogens is 1. The van der Waals surface area contributed by atoms with Crippen LogP contribution in [-0.4, -0.2) is 34.0 Å². The van der Waals surface area contributed by atoms with Gasteiger partial charge in [-0.2, -0.15) is 0 Å². The van der Waals surface area contributed by atoms with Gasteiger partial charge in [-0.05, 0) is 57.0 Å². The average Bonchev–Trinajstić information content (AvgIpc) is 2.47. The number of carbonyl (C=O) groups is 1. The molecule has 0 bridgehead atoms. The Kier molecular flexibility index (Phi) is 4.20. The molecule has 0 radical (unpaired) electrons. The first-order chi connectivity index (χ1) is 9.09. The van der Waals surface area contributed by atoms with Gasteiger partial charge in [0.25, 0.3) is 0 Å². The Labute approximate surface area is 114 Å². The molecule has 1 unspecified atom stereocenters. The van der Waals surface area contributed by atoms with Gasteiger partial charge in [0.15, 0.2) is 0 Å². The molecule has 4 heteroatoms. The van der Waals surface area contributed by atoms with Crippen LogP contribution in [0.1, 0.15) is 44.7 Å². The highest BCUT2D eigenvalue weighted by atomic mass is 16.4. The Hall–Kier alpha value is -1.42. The molecule has 104 valence electrons. The summed E-state index contributed by atoms with van der Waals surface area (Å²) in [7, 11) is 0. The van der Waals surface area contributed by atoms with E-state index in [9.17, 15) is 9.90 Å². The van der Waals surface area contributed by atoms with Gasteiger partial charge in [0.05, 0.1) is 5.41 Å². The summed E-state index contributed by atoms with van der Waals surface area (Å²) in [6.45, 7) is 5.86. The molecule has 1 atom stereocenters. The summed E-state index contributed by atoms with van der Waals surface area (Å²) in [4.78, 5) is 17.8. The molecule has 1 aromatic heterocycles. The number of likely N-dealkylation sites (tertiary alicyclic amines) is 1. The van der Waals surface area contributed by atoms with E-state index in [-0.39, 0.29) is 0 Å². The fourth-order valence-electron chi connectivity index (χ4n) is 2.91. The SMILES string of the molecule is CCC1(C(=O)O)CCN(C(C)c2ccncc2)CC1. The quantitative estimate of drug-likeness (QED) is 0.906. The first-order valence-corrected chi connectivity index (χ1v) is 6.96. The third-order valence-electron chi connectivity index (χ3n) is 4.62. The predicted octanol–water partition coefficient (Wildman–Crippen LogP) is 2.72. The number of rotatable bonds is 4. The number of piperidine rings is 1. The van der Waals surface area contributed by atoms with Crippen LogP contribution in [0.4, 0.5) is 0 Å². The molecular weight excluding hydrogens is 240 g/mol. The van der Waals surface area contributed by atoms with Gasteiger partial charge in [0, 0.05) is 18.4 Å². The summed E-state index contributed by atoms with van der Waals surface area (Å²) in [6.07, 6.45) is 5.83. The van der Waals surface area contributed by atoms with E-state index >= 15 is 0 Å². The Morgan fingerprint density at radius 1 is 1.42 bits per heavy atom. The molecule has 1 fully saturated rings. The summed E-state index contributed by atoms with van der Waals surface area (Å²) in [5, 5.41) is 9.40. The number of hydrogen-bond acceptors (Lipinski definition) is 3. The molecule has 1 aromatic rings. The normalized spacial score (nSPS) is 20.9. The van der Waals surface area contributed by atoms with Crippen LogP contribution in [-0.2, 0) is 4.79 Å². The van der Waals surface area contributed by atoms with E-state index in [0.717, 1.165) is 32.4 Å². The fraction of sp³-hybridized carbons (Fsp3) is 0.600. The second-order valence-corrected chi connectivity index (χ2v) is 5.43. The number of carboxylic acid groups (broad SMARTS) is 1. The highest BCUT2D eigenvalue weighted by Crippen LogP contribution is 2.37. The zero-order valence-electron chi connectivity index (χ0n) is 11.7. The van der Waals surface area contributed by atoms with Gasteiger partial charge in [0.2, 0.25) is 0 Å². The van der Waals surface area contributed by atoms with E-state index in [4.69, 9.17) is 0 Å². The van der Waals surface area contributed by atoms with Crippen molar-refractivity contribution in [2.45, 2.75) is 39.2 Å². The Balaban J connectivity index is 2.02. The molecule has 1 aliphatic rings. The summed E-state index contributed by atoms with van der Waals surface area (Å²) in [5.41, 5.74) is 0.739. The van der Waals surface area contributed by atoms with Crippen molar-refractivity contribution in [2.75, 3.05) is 13.1 Å². The highest BCUT2D eigenvalue weighted by molar-refractivity contribution is 5.74. The molecule has 4 nitrogen and oxygen atoms in total. The van der Waals surface area contributed by atoms with Crippen molar-refractivity contribution in [1.29, 1.82) is 0 Å². The minimum atomic E-state index is -0.633. The van der Waals surface area contributed by atoms with Crippen molar-refractivity contribution in [3.63, 3.8) is 0 Å². The predicted molar refractivity (Wildman–Crippen MR) is 73.8 cm³/mol. The van der Waals surface area contributed by atoms with Gasteiger partial charge in [-0.3, -0.25) is 14.7 Å². The standard InChI is InChI=1S/C15H22N2O2/c1-3-15(14(18)19)6-10-17(11-7-15)12(2)13-4-8-16-9-5-13/h4-5,8-9,12H,3,6-7,10-11H2,1-2H3,(H,18,19). The van der Waals surface area contributed by atoms with E-state index in [0.29, 0.717) is 6.04 Å². The largest absolute Gasteiger partial charge is 0.481 e. The number of pyridine rings is 1. The Morgan fingerprint density at radius 2 is 2.00 bits per heavy atom. The lowest BCUT2D eigenvalue weighted by molar-refractivity contribution is -0.152. The summed E-state index contributed by atoms with van der Waals surface area (Å²) >= 11 is 0. The van der Waals surface area contributed by atoms with Crippen molar-refractivity contribution >= 4 is 5.97 Å². The van der Waals surface area contributed by atoms with Crippen molar-refractivity contribution in [1.82, 2.24) is 9.88 Å². The number of aliphatic carboxylic acids is 1. The smallest absolute Gasteiger partial charge is 0.309 e. The van der Waals surface area contributed by atoms with Crippen LogP contribution in [0.25, 0.3) is 0 Å². The van der Waals surface area contributed by atoms with Crippen LogP contribution < -0.4 is 0 Å². The first kappa shape index (κ1) is 14.0. The minimum absolute atomic E-state index is 0.326. The molecule has 0 amide bonds. The maximum Gasteiger partial charge on any atom is 0.309 e. The first-order valence-electron chi connectivity index (χ1n) is 6.96. The average molecular weight is 262 g/mol. The van der Waals surface area contributed by atoms with Crippen LogP contribution in [0.15, 0.2) is 24.5 Å². The zero-order valence-corrected chi connectivity index (χ0v) is 11.7. The van der Waals surface area contributed by atoms with Crippen molar-refractivity contribution < 1.29 is 9.90 Å². The third-order valence-corrected chi connectivity index (χ3v) is 4.62. The maximum absolute atomic E-state index is 11.4. The molecule has 19 heavy (non-hydrogen) atoms. The van der Waals surface area contributed by atoms with E-state index in [1.807, 2.05) is 31.5 Å². The summed E-state index contributed by atoms with van der Waals surface area (Å²) < 4.78 is 0. The monoisotopic (exact) mass is 262 g/mol. The molecule has 2 heterocycles. The summed E-state index contributed by atoms with van der Waals surface area (Å²) in [5.74, 6) is -0.633. The highest BCUT2D eigenvalue weighted by Gasteiger charge is 2.40. The Bertz CT molecular complexity index is 425. The van der Waals surface area contributed by atoms with E-state index in [1.165, 1.54) is 5.56 Å². The number of carboxylic acids is 1.